The van der Waals surface area contributed by atoms with Gasteiger partial charge in [-0.1, -0.05) is 0 Å². The molecule has 2 amide bonds. The number of hydrogen-bond acceptors (Lipinski definition) is 4. The van der Waals surface area contributed by atoms with Gasteiger partial charge in [-0.2, -0.15) is 0 Å². The maximum Gasteiger partial charge on any atom is 0.319 e. The van der Waals surface area contributed by atoms with Gasteiger partial charge in [-0.05, 0) is 25.1 Å². The summed E-state index contributed by atoms with van der Waals surface area (Å²) < 4.78 is 23.4. The molecule has 23 heavy (non-hydrogen) atoms. The Morgan fingerprint density at radius 1 is 1.43 bits per heavy atom. The first-order valence-corrected chi connectivity index (χ1v) is 7.11. The molecule has 2 rings (SSSR count). The van der Waals surface area contributed by atoms with Gasteiger partial charge in [0.25, 0.3) is 0 Å². The van der Waals surface area contributed by atoms with E-state index < -0.39 is 18.0 Å². The first-order valence-electron chi connectivity index (χ1n) is 7.11. The largest absolute Gasteiger partial charge is 0.497 e. The Morgan fingerprint density at radius 2 is 2.22 bits per heavy atom. The standard InChI is InChI=1S/C16H19FN2O4/c1-10(6-14(20)15-4-3-5-23-15)18-16(21)19-12-7-11(17)8-13(9-12)22-2/h3-5,7-10,14,20H,6H2,1-2H3,(H2,18,19,21). The number of methoxy groups -OCH3 is 1. The molecule has 1 aromatic carbocycles. The van der Waals surface area contributed by atoms with E-state index in [4.69, 9.17) is 9.15 Å². The summed E-state index contributed by atoms with van der Waals surface area (Å²) in [7, 11) is 1.41. The Labute approximate surface area is 133 Å². The summed E-state index contributed by atoms with van der Waals surface area (Å²) in [5, 5.41) is 15.1. The molecule has 7 heteroatoms. The summed E-state index contributed by atoms with van der Waals surface area (Å²) in [4.78, 5) is 11.9. The molecule has 0 aliphatic carbocycles. The quantitative estimate of drug-likeness (QED) is 0.763. The highest BCUT2D eigenvalue weighted by Crippen LogP contribution is 2.20. The average molecular weight is 322 g/mol. The van der Waals surface area contributed by atoms with Crippen molar-refractivity contribution in [2.45, 2.75) is 25.5 Å². The molecule has 3 N–H and O–H groups in total. The number of hydrogen-bond donors (Lipinski definition) is 3. The number of ether oxygens (including phenoxy) is 1. The summed E-state index contributed by atoms with van der Waals surface area (Å²) >= 11 is 0. The summed E-state index contributed by atoms with van der Waals surface area (Å²) in [6.45, 7) is 1.75. The lowest BCUT2D eigenvalue weighted by molar-refractivity contribution is 0.130. The van der Waals surface area contributed by atoms with Crippen molar-refractivity contribution in [2.24, 2.45) is 0 Å². The minimum Gasteiger partial charge on any atom is -0.497 e. The van der Waals surface area contributed by atoms with E-state index in [1.807, 2.05) is 0 Å². The third-order valence-electron chi connectivity index (χ3n) is 3.19. The number of anilines is 1. The van der Waals surface area contributed by atoms with Crippen LogP contribution in [0.4, 0.5) is 14.9 Å². The van der Waals surface area contributed by atoms with Crippen molar-refractivity contribution in [2.75, 3.05) is 12.4 Å². The maximum absolute atomic E-state index is 13.4. The molecule has 0 spiro atoms. The molecule has 6 nitrogen and oxygen atoms in total. The second-order valence-corrected chi connectivity index (χ2v) is 5.15. The number of nitrogens with one attached hydrogen (secondary N) is 2. The zero-order valence-electron chi connectivity index (χ0n) is 12.9. The number of urea groups is 1. The van der Waals surface area contributed by atoms with Crippen LogP contribution in [-0.4, -0.2) is 24.3 Å². The SMILES string of the molecule is COc1cc(F)cc(NC(=O)NC(C)CC(O)c2ccco2)c1. The van der Waals surface area contributed by atoms with E-state index in [1.54, 1.807) is 19.1 Å². The molecule has 0 aliphatic rings. The van der Waals surface area contributed by atoms with Gasteiger partial charge in [0.05, 0.1) is 13.4 Å². The highest BCUT2D eigenvalue weighted by molar-refractivity contribution is 5.89. The second kappa shape index (κ2) is 7.64. The predicted octanol–water partition coefficient (Wildman–Crippen LogP) is 3.06. The van der Waals surface area contributed by atoms with Gasteiger partial charge < -0.3 is 24.9 Å². The molecule has 0 aliphatic heterocycles. The van der Waals surface area contributed by atoms with Gasteiger partial charge in [-0.25, -0.2) is 9.18 Å². The van der Waals surface area contributed by atoms with Crippen LogP contribution in [0.5, 0.6) is 5.75 Å². The summed E-state index contributed by atoms with van der Waals surface area (Å²) in [5.41, 5.74) is 0.276. The Balaban J connectivity index is 1.87. The van der Waals surface area contributed by atoms with Crippen LogP contribution in [0, 0.1) is 5.82 Å². The molecule has 2 aromatic rings. The highest BCUT2D eigenvalue weighted by atomic mass is 19.1. The Bertz CT molecular complexity index is 646. The van der Waals surface area contributed by atoms with Gasteiger partial charge in [0.1, 0.15) is 23.4 Å². The number of aliphatic hydroxyl groups excluding tert-OH is 1. The molecular weight excluding hydrogens is 303 g/mol. The average Bonchev–Trinajstić information content (AvgIpc) is 3.00. The van der Waals surface area contributed by atoms with E-state index in [0.717, 1.165) is 0 Å². The molecule has 0 saturated heterocycles. The van der Waals surface area contributed by atoms with E-state index in [0.29, 0.717) is 11.5 Å². The van der Waals surface area contributed by atoms with Crippen molar-refractivity contribution in [1.29, 1.82) is 0 Å². The topological polar surface area (TPSA) is 83.7 Å². The highest BCUT2D eigenvalue weighted by Gasteiger charge is 2.16. The molecule has 2 unspecified atom stereocenters. The Morgan fingerprint density at radius 3 is 2.87 bits per heavy atom. The van der Waals surface area contributed by atoms with Crippen LogP contribution in [0.3, 0.4) is 0 Å². The number of aliphatic hydroxyl groups is 1. The fraction of sp³-hybridized carbons (Fsp3) is 0.312. The van der Waals surface area contributed by atoms with Gasteiger partial charge in [0.15, 0.2) is 0 Å². The zero-order chi connectivity index (χ0) is 16.8. The number of benzene rings is 1. The van der Waals surface area contributed by atoms with Crippen LogP contribution in [0.15, 0.2) is 41.0 Å². The zero-order valence-corrected chi connectivity index (χ0v) is 12.9. The lowest BCUT2D eigenvalue weighted by Gasteiger charge is -2.17. The van der Waals surface area contributed by atoms with Gasteiger partial charge in [0.2, 0.25) is 0 Å². The van der Waals surface area contributed by atoms with Gasteiger partial charge >= 0.3 is 6.03 Å². The number of furan rings is 1. The first-order chi connectivity index (χ1) is 11.0. The van der Waals surface area contributed by atoms with E-state index in [2.05, 4.69) is 10.6 Å². The van der Waals surface area contributed by atoms with Crippen molar-refractivity contribution in [3.8, 4) is 5.75 Å². The molecule has 124 valence electrons. The fourth-order valence-electron chi connectivity index (χ4n) is 2.13. The Hall–Kier alpha value is -2.54. The summed E-state index contributed by atoms with van der Waals surface area (Å²) in [6, 6.07) is 6.43. The lowest BCUT2D eigenvalue weighted by Crippen LogP contribution is -2.37. The van der Waals surface area contributed by atoms with Crippen LogP contribution in [-0.2, 0) is 0 Å². The minimum absolute atomic E-state index is 0.276. The van der Waals surface area contributed by atoms with Crippen molar-refractivity contribution in [3.63, 3.8) is 0 Å². The molecule has 1 aromatic heterocycles. The first kappa shape index (κ1) is 16.8. The smallest absolute Gasteiger partial charge is 0.319 e. The van der Waals surface area contributed by atoms with E-state index >= 15 is 0 Å². The molecular formula is C16H19FN2O4. The Kier molecular flexibility index (Phi) is 5.59. The molecule has 0 bridgehead atoms. The van der Waals surface area contributed by atoms with Crippen LogP contribution >= 0.6 is 0 Å². The van der Waals surface area contributed by atoms with Crippen molar-refractivity contribution >= 4 is 11.7 Å². The number of carbonyl (C=O) groups is 1. The fourth-order valence-corrected chi connectivity index (χ4v) is 2.13. The van der Waals surface area contributed by atoms with Crippen molar-refractivity contribution in [1.82, 2.24) is 5.32 Å². The minimum atomic E-state index is -0.811. The van der Waals surface area contributed by atoms with Crippen LogP contribution in [0.1, 0.15) is 25.2 Å². The third-order valence-corrected chi connectivity index (χ3v) is 3.19. The van der Waals surface area contributed by atoms with E-state index in [-0.39, 0.29) is 18.2 Å². The third kappa shape index (κ3) is 5.00. The number of carbonyl (C=O) groups excluding carboxylic acids is 1. The van der Waals surface area contributed by atoms with Crippen LogP contribution in [0.2, 0.25) is 0 Å². The van der Waals surface area contributed by atoms with Gasteiger partial charge in [0, 0.05) is 30.3 Å². The summed E-state index contributed by atoms with van der Waals surface area (Å²) in [6.07, 6.45) is 0.947. The molecule has 0 radical (unpaired) electrons. The molecule has 2 atom stereocenters. The monoisotopic (exact) mass is 322 g/mol. The second-order valence-electron chi connectivity index (χ2n) is 5.15. The van der Waals surface area contributed by atoms with Crippen molar-refractivity contribution in [3.05, 3.63) is 48.2 Å². The van der Waals surface area contributed by atoms with Gasteiger partial charge in [-0.3, -0.25) is 0 Å². The van der Waals surface area contributed by atoms with E-state index in [1.165, 1.54) is 31.6 Å². The predicted molar refractivity (Wildman–Crippen MR) is 82.9 cm³/mol. The summed E-state index contributed by atoms with van der Waals surface area (Å²) in [5.74, 6) is 0.233. The normalized spacial score (nSPS) is 13.2. The maximum atomic E-state index is 13.4. The number of halogens is 1. The molecule has 1 heterocycles. The number of rotatable bonds is 6. The number of amides is 2. The van der Waals surface area contributed by atoms with Crippen LogP contribution < -0.4 is 15.4 Å². The van der Waals surface area contributed by atoms with Crippen LogP contribution in [0.25, 0.3) is 0 Å². The van der Waals surface area contributed by atoms with E-state index in [9.17, 15) is 14.3 Å². The molecule has 0 saturated carbocycles. The van der Waals surface area contributed by atoms with Gasteiger partial charge in [-0.15, -0.1) is 0 Å². The van der Waals surface area contributed by atoms with Crippen molar-refractivity contribution < 1.29 is 23.4 Å². The molecule has 0 fully saturated rings. The lowest BCUT2D eigenvalue weighted by atomic mass is 10.1.